The Kier molecular flexibility index (Phi) is 8.74. The summed E-state index contributed by atoms with van der Waals surface area (Å²) < 4.78 is 24.3. The second kappa shape index (κ2) is 12.4. The third-order valence-corrected chi connectivity index (χ3v) is 6.76. The van der Waals surface area contributed by atoms with E-state index < -0.39 is 10.9 Å². The van der Waals surface area contributed by atoms with Crippen LogP contribution >= 0.6 is 0 Å². The first kappa shape index (κ1) is 26.2. The largest absolute Gasteiger partial charge is 0.347 e. The highest BCUT2D eigenvalue weighted by Crippen LogP contribution is 2.25. The van der Waals surface area contributed by atoms with Gasteiger partial charge in [0.15, 0.2) is 0 Å². The summed E-state index contributed by atoms with van der Waals surface area (Å²) in [4.78, 5) is 21.8. The number of carbonyl (C=O) groups excluding carboxylic acids is 1. The lowest BCUT2D eigenvalue weighted by Crippen LogP contribution is -2.35. The Morgan fingerprint density at radius 1 is 0.946 bits per heavy atom. The number of aryl methyl sites for hydroxylation is 2. The summed E-state index contributed by atoms with van der Waals surface area (Å²) in [5.41, 5.74) is 5.53. The van der Waals surface area contributed by atoms with Gasteiger partial charge in [0.25, 0.3) is 0 Å². The summed E-state index contributed by atoms with van der Waals surface area (Å²) in [6.07, 6.45) is 3.73. The van der Waals surface area contributed by atoms with Crippen molar-refractivity contribution in [1.29, 1.82) is 0 Å². The van der Waals surface area contributed by atoms with Crippen LogP contribution in [0.4, 0.5) is 5.69 Å². The molecule has 4 rings (SSSR count). The summed E-state index contributed by atoms with van der Waals surface area (Å²) in [7, 11) is -2.73. The van der Waals surface area contributed by atoms with Gasteiger partial charge in [0.1, 0.15) is 5.82 Å². The number of anilines is 1. The van der Waals surface area contributed by atoms with Gasteiger partial charge in [-0.25, -0.2) is 13.4 Å². The van der Waals surface area contributed by atoms with Gasteiger partial charge in [0.05, 0.1) is 17.7 Å². The number of aromatic amines is 1. The second-order valence-electron chi connectivity index (χ2n) is 9.12. The molecule has 3 N–H and O–H groups in total. The molecule has 1 aromatic heterocycles. The Morgan fingerprint density at radius 3 is 2.32 bits per heavy atom. The summed E-state index contributed by atoms with van der Waals surface area (Å²) in [6.45, 7) is 4.06. The van der Waals surface area contributed by atoms with E-state index >= 15 is 0 Å². The molecule has 192 valence electrons. The van der Waals surface area contributed by atoms with E-state index in [9.17, 15) is 13.2 Å². The van der Waals surface area contributed by atoms with Crippen LogP contribution in [0.1, 0.15) is 52.7 Å². The maximum atomic E-state index is 13.9. The third-order valence-electron chi connectivity index (χ3n) is 6.32. The standard InChI is InChI=1S/C29H32N4O3S/c1-3-24-19-30-28(31-24)27(18-22-12-14-25(15-13-22)33-37(35)36)32-29(34)26(17-21-9-5-4-6-10-21)23-11-7-8-20(2)16-23/h4-16,19,26-27,37H,3,17-18H2,1-2H3,(H,30,31)(H,32,34)(H,33,35,36)/t26?,27-/m0/s1. The van der Waals surface area contributed by atoms with Gasteiger partial charge in [-0.2, -0.15) is 0 Å². The van der Waals surface area contributed by atoms with Crippen molar-refractivity contribution in [1.82, 2.24) is 15.3 Å². The van der Waals surface area contributed by atoms with E-state index in [0.29, 0.717) is 24.4 Å². The monoisotopic (exact) mass is 516 g/mol. The van der Waals surface area contributed by atoms with Crippen molar-refractivity contribution in [2.45, 2.75) is 45.1 Å². The maximum Gasteiger partial charge on any atom is 0.228 e. The van der Waals surface area contributed by atoms with Crippen LogP contribution in [0, 0.1) is 6.92 Å². The van der Waals surface area contributed by atoms with Crippen molar-refractivity contribution in [2.24, 2.45) is 0 Å². The number of carbonyl (C=O) groups is 1. The van der Waals surface area contributed by atoms with Crippen LogP contribution in [0.25, 0.3) is 0 Å². The molecule has 0 spiro atoms. The molecule has 0 bridgehead atoms. The van der Waals surface area contributed by atoms with E-state index in [1.165, 1.54) is 0 Å². The van der Waals surface area contributed by atoms with Crippen molar-refractivity contribution in [3.8, 4) is 0 Å². The summed E-state index contributed by atoms with van der Waals surface area (Å²) in [5, 5.41) is 3.26. The smallest absolute Gasteiger partial charge is 0.228 e. The summed E-state index contributed by atoms with van der Waals surface area (Å²) >= 11 is 0. The highest BCUT2D eigenvalue weighted by atomic mass is 32.2. The van der Waals surface area contributed by atoms with Crippen LogP contribution in [-0.4, -0.2) is 24.3 Å². The van der Waals surface area contributed by atoms with Gasteiger partial charge in [0, 0.05) is 11.9 Å². The summed E-state index contributed by atoms with van der Waals surface area (Å²) in [6, 6.07) is 24.9. The van der Waals surface area contributed by atoms with E-state index in [4.69, 9.17) is 4.98 Å². The number of hydrogen-bond acceptors (Lipinski definition) is 4. The molecule has 8 heteroatoms. The molecule has 0 saturated carbocycles. The number of nitrogens with one attached hydrogen (secondary N) is 3. The molecule has 3 aromatic carbocycles. The summed E-state index contributed by atoms with van der Waals surface area (Å²) in [5.74, 6) is 0.249. The molecule has 37 heavy (non-hydrogen) atoms. The number of H-pyrrole nitrogens is 1. The molecule has 0 saturated heterocycles. The van der Waals surface area contributed by atoms with E-state index in [-0.39, 0.29) is 17.9 Å². The number of benzene rings is 3. The van der Waals surface area contributed by atoms with Gasteiger partial charge < -0.3 is 10.3 Å². The Bertz CT molecular complexity index is 1390. The zero-order valence-corrected chi connectivity index (χ0v) is 21.9. The SMILES string of the molecule is CCc1c[nH]c([C@H](Cc2ccc(N[SH](=O)=O)cc2)NC(=O)C(Cc2ccccc2)c2cccc(C)c2)n1. The Hall–Kier alpha value is -3.91. The van der Waals surface area contributed by atoms with Crippen LogP contribution in [0.3, 0.4) is 0 Å². The highest BCUT2D eigenvalue weighted by Gasteiger charge is 2.26. The van der Waals surface area contributed by atoms with Crippen molar-refractivity contribution < 1.29 is 13.2 Å². The fourth-order valence-electron chi connectivity index (χ4n) is 4.38. The lowest BCUT2D eigenvalue weighted by Gasteiger charge is -2.23. The average Bonchev–Trinajstić information content (AvgIpc) is 3.38. The minimum atomic E-state index is -2.73. The second-order valence-corrected chi connectivity index (χ2v) is 9.86. The molecule has 2 atom stereocenters. The zero-order chi connectivity index (χ0) is 26.2. The topological polar surface area (TPSA) is 104 Å². The van der Waals surface area contributed by atoms with E-state index in [2.05, 4.69) is 21.1 Å². The zero-order valence-electron chi connectivity index (χ0n) is 21.0. The van der Waals surface area contributed by atoms with Crippen LogP contribution in [0.2, 0.25) is 0 Å². The molecule has 1 heterocycles. The molecule has 0 aliphatic heterocycles. The molecule has 7 nitrogen and oxygen atoms in total. The molecule has 0 aliphatic rings. The van der Waals surface area contributed by atoms with Crippen molar-refractivity contribution in [3.05, 3.63) is 119 Å². The molecule has 0 radical (unpaired) electrons. The van der Waals surface area contributed by atoms with Crippen molar-refractivity contribution >= 4 is 22.5 Å². The van der Waals surface area contributed by atoms with Gasteiger partial charge >= 0.3 is 0 Å². The number of rotatable bonds is 11. The minimum Gasteiger partial charge on any atom is -0.347 e. The normalized spacial score (nSPS) is 12.7. The third kappa shape index (κ3) is 7.30. The first-order valence-electron chi connectivity index (χ1n) is 12.4. The van der Waals surface area contributed by atoms with E-state index in [1.54, 1.807) is 12.1 Å². The minimum absolute atomic E-state index is 0.0736. The van der Waals surface area contributed by atoms with Gasteiger partial charge in [0.2, 0.25) is 16.8 Å². The van der Waals surface area contributed by atoms with Crippen molar-refractivity contribution in [2.75, 3.05) is 4.72 Å². The number of aromatic nitrogens is 2. The maximum absolute atomic E-state index is 13.9. The number of nitrogens with zero attached hydrogens (tertiary/aromatic N) is 1. The number of amides is 1. The Morgan fingerprint density at radius 2 is 1.68 bits per heavy atom. The molecule has 1 unspecified atom stereocenters. The number of thiol groups is 1. The number of hydrogen-bond donors (Lipinski definition) is 4. The highest BCUT2D eigenvalue weighted by molar-refractivity contribution is 7.73. The molecular formula is C29H32N4O3S. The van der Waals surface area contributed by atoms with Gasteiger partial charge in [-0.15, -0.1) is 0 Å². The Balaban J connectivity index is 1.61. The quantitative estimate of drug-likeness (QED) is 0.218. The van der Waals surface area contributed by atoms with E-state index in [1.807, 2.05) is 80.7 Å². The van der Waals surface area contributed by atoms with Crippen LogP contribution in [0.5, 0.6) is 0 Å². The first-order chi connectivity index (χ1) is 17.9. The van der Waals surface area contributed by atoms with Gasteiger partial charge in [-0.3, -0.25) is 9.52 Å². The van der Waals surface area contributed by atoms with Crippen LogP contribution < -0.4 is 10.0 Å². The average molecular weight is 517 g/mol. The Labute approximate surface area is 219 Å². The van der Waals surface area contributed by atoms with E-state index in [0.717, 1.165) is 34.4 Å². The molecule has 4 aromatic rings. The van der Waals surface area contributed by atoms with Gasteiger partial charge in [-0.05, 0) is 55.0 Å². The lowest BCUT2D eigenvalue weighted by atomic mass is 9.90. The van der Waals surface area contributed by atoms with Crippen molar-refractivity contribution in [3.63, 3.8) is 0 Å². The molecule has 0 fully saturated rings. The van der Waals surface area contributed by atoms with Gasteiger partial charge in [-0.1, -0.05) is 79.2 Å². The molecule has 1 amide bonds. The molecular weight excluding hydrogens is 484 g/mol. The predicted octanol–water partition coefficient (Wildman–Crippen LogP) is 4.65. The fraction of sp³-hybridized carbons (Fsp3) is 0.241. The number of imidazole rings is 1. The predicted molar refractivity (Wildman–Crippen MR) is 147 cm³/mol. The lowest BCUT2D eigenvalue weighted by molar-refractivity contribution is -0.123. The molecule has 0 aliphatic carbocycles. The first-order valence-corrected chi connectivity index (χ1v) is 13.5. The van der Waals surface area contributed by atoms with Crippen LogP contribution in [0.15, 0.2) is 85.1 Å². The van der Waals surface area contributed by atoms with Crippen LogP contribution in [-0.2, 0) is 34.9 Å². The fourth-order valence-corrected chi connectivity index (χ4v) is 4.74.